The molecule has 0 spiro atoms. The van der Waals surface area contributed by atoms with Crippen molar-refractivity contribution in [3.05, 3.63) is 47.9 Å². The molecule has 1 aromatic carbocycles. The van der Waals surface area contributed by atoms with Crippen molar-refractivity contribution in [3.63, 3.8) is 0 Å². The lowest BCUT2D eigenvalue weighted by atomic mass is 9.96. The van der Waals surface area contributed by atoms with Gasteiger partial charge in [0.1, 0.15) is 0 Å². The molecule has 1 aromatic heterocycles. The van der Waals surface area contributed by atoms with Crippen LogP contribution >= 0.6 is 0 Å². The van der Waals surface area contributed by atoms with E-state index >= 15 is 0 Å². The molecule has 2 aliphatic heterocycles. The van der Waals surface area contributed by atoms with Crippen LogP contribution in [-0.4, -0.2) is 67.7 Å². The van der Waals surface area contributed by atoms with Crippen molar-refractivity contribution >= 4 is 11.9 Å². The van der Waals surface area contributed by atoms with Crippen molar-refractivity contribution in [3.8, 4) is 11.5 Å². The van der Waals surface area contributed by atoms with Crippen LogP contribution in [0.4, 0.5) is 0 Å². The van der Waals surface area contributed by atoms with Crippen LogP contribution in [-0.2, 0) is 5.41 Å². The molecular formula is C23H28N4O4. The molecule has 3 heterocycles. The Morgan fingerprint density at radius 1 is 1.10 bits per heavy atom. The molecule has 2 fully saturated rings. The minimum atomic E-state index is -0.0497. The maximum atomic E-state index is 12.5. The lowest BCUT2D eigenvalue weighted by molar-refractivity contribution is 0.0657. The topological polar surface area (TPSA) is 79.5 Å². The number of hydrogen-bond donors (Lipinski definition) is 1. The molecule has 1 saturated heterocycles. The smallest absolute Gasteiger partial charge is 0.289 e. The number of benzene rings is 1. The maximum Gasteiger partial charge on any atom is 0.289 e. The van der Waals surface area contributed by atoms with Gasteiger partial charge in [0.2, 0.25) is 6.79 Å². The SMILES string of the molecule is CCNC(=NCC1(c2ccc3c(c2)OCO3)CC1)N1CCN(C(=O)c2ccco2)CC1. The Hall–Kier alpha value is -3.16. The second-order valence-electron chi connectivity index (χ2n) is 8.28. The number of nitrogens with one attached hydrogen (secondary N) is 1. The Morgan fingerprint density at radius 2 is 1.87 bits per heavy atom. The predicted octanol–water partition coefficient (Wildman–Crippen LogP) is 2.46. The number of furan rings is 1. The molecule has 31 heavy (non-hydrogen) atoms. The summed E-state index contributed by atoms with van der Waals surface area (Å²) in [6, 6.07) is 9.71. The lowest BCUT2D eigenvalue weighted by Gasteiger charge is -2.36. The second kappa shape index (κ2) is 8.17. The van der Waals surface area contributed by atoms with Gasteiger partial charge in [0.05, 0.1) is 12.8 Å². The molecule has 0 unspecified atom stereocenters. The molecule has 0 radical (unpaired) electrons. The van der Waals surface area contributed by atoms with E-state index in [1.807, 2.05) is 11.0 Å². The van der Waals surface area contributed by atoms with E-state index in [4.69, 9.17) is 18.9 Å². The van der Waals surface area contributed by atoms with E-state index in [1.54, 1.807) is 12.1 Å². The van der Waals surface area contributed by atoms with Crippen LogP contribution in [0.3, 0.4) is 0 Å². The summed E-state index contributed by atoms with van der Waals surface area (Å²) in [6.45, 7) is 6.71. The molecule has 8 heteroatoms. The average molecular weight is 425 g/mol. The minimum absolute atomic E-state index is 0.0497. The fourth-order valence-electron chi connectivity index (χ4n) is 4.24. The predicted molar refractivity (Wildman–Crippen MR) is 116 cm³/mol. The molecule has 1 N–H and O–H groups in total. The van der Waals surface area contributed by atoms with Crippen molar-refractivity contribution in [1.29, 1.82) is 0 Å². The van der Waals surface area contributed by atoms with Gasteiger partial charge < -0.3 is 29.0 Å². The van der Waals surface area contributed by atoms with E-state index in [0.29, 0.717) is 25.6 Å². The number of hydrogen-bond acceptors (Lipinski definition) is 5. The Balaban J connectivity index is 1.24. The minimum Gasteiger partial charge on any atom is -0.459 e. The molecular weight excluding hydrogens is 396 g/mol. The third-order valence-electron chi connectivity index (χ3n) is 6.30. The molecule has 2 aromatic rings. The van der Waals surface area contributed by atoms with Gasteiger partial charge in [0, 0.05) is 38.1 Å². The van der Waals surface area contributed by atoms with Gasteiger partial charge in [-0.2, -0.15) is 0 Å². The summed E-state index contributed by atoms with van der Waals surface area (Å²) in [5.74, 6) is 2.91. The summed E-state index contributed by atoms with van der Waals surface area (Å²) in [7, 11) is 0. The number of nitrogens with zero attached hydrogens (tertiary/aromatic N) is 3. The molecule has 0 bridgehead atoms. The van der Waals surface area contributed by atoms with Gasteiger partial charge in [-0.1, -0.05) is 6.07 Å². The normalized spacial score (nSPS) is 19.5. The van der Waals surface area contributed by atoms with Crippen molar-refractivity contribution in [2.24, 2.45) is 4.99 Å². The van der Waals surface area contributed by atoms with Crippen LogP contribution in [0.25, 0.3) is 0 Å². The van der Waals surface area contributed by atoms with Crippen LogP contribution in [0.1, 0.15) is 35.9 Å². The first-order chi connectivity index (χ1) is 15.2. The molecule has 1 aliphatic carbocycles. The highest BCUT2D eigenvalue weighted by Crippen LogP contribution is 2.50. The maximum absolute atomic E-state index is 12.5. The third kappa shape index (κ3) is 3.94. The first-order valence-corrected chi connectivity index (χ1v) is 10.9. The van der Waals surface area contributed by atoms with E-state index in [0.717, 1.165) is 56.5 Å². The van der Waals surface area contributed by atoms with E-state index in [2.05, 4.69) is 29.3 Å². The van der Waals surface area contributed by atoms with Crippen molar-refractivity contribution < 1.29 is 18.7 Å². The number of piperazine rings is 1. The molecule has 3 aliphatic rings. The van der Waals surface area contributed by atoms with Gasteiger partial charge in [-0.05, 0) is 49.6 Å². The number of ether oxygens (including phenoxy) is 2. The Kier molecular flexibility index (Phi) is 5.21. The van der Waals surface area contributed by atoms with E-state index in [-0.39, 0.29) is 11.3 Å². The molecule has 0 atom stereocenters. The van der Waals surface area contributed by atoms with Crippen molar-refractivity contribution in [2.75, 3.05) is 46.1 Å². The first kappa shape index (κ1) is 19.8. The van der Waals surface area contributed by atoms with Crippen LogP contribution in [0.15, 0.2) is 46.0 Å². The summed E-state index contributed by atoms with van der Waals surface area (Å²) in [6.07, 6.45) is 3.79. The number of aliphatic imine (C=N–C) groups is 1. The fourth-order valence-corrected chi connectivity index (χ4v) is 4.24. The van der Waals surface area contributed by atoms with Gasteiger partial charge in [-0.3, -0.25) is 9.79 Å². The van der Waals surface area contributed by atoms with Crippen LogP contribution in [0.5, 0.6) is 11.5 Å². The quantitative estimate of drug-likeness (QED) is 0.587. The lowest BCUT2D eigenvalue weighted by Crippen LogP contribution is -2.53. The highest BCUT2D eigenvalue weighted by atomic mass is 16.7. The molecule has 164 valence electrons. The van der Waals surface area contributed by atoms with Crippen LogP contribution in [0.2, 0.25) is 0 Å². The van der Waals surface area contributed by atoms with Gasteiger partial charge in [0.15, 0.2) is 23.2 Å². The van der Waals surface area contributed by atoms with E-state index < -0.39 is 0 Å². The molecule has 8 nitrogen and oxygen atoms in total. The number of carbonyl (C=O) groups is 1. The number of fused-ring (bicyclic) bond motifs is 1. The number of amides is 1. The standard InChI is InChI=1S/C23H28N4O4/c1-2-24-22(27-11-9-26(10-12-27)21(28)19-4-3-13-29-19)25-15-23(7-8-23)17-5-6-18-20(14-17)31-16-30-18/h3-6,13-14H,2,7-12,15-16H2,1H3,(H,24,25). The third-order valence-corrected chi connectivity index (χ3v) is 6.30. The van der Waals surface area contributed by atoms with Gasteiger partial charge in [-0.25, -0.2) is 0 Å². The number of guanidine groups is 1. The zero-order valence-electron chi connectivity index (χ0n) is 17.8. The number of carbonyl (C=O) groups excluding carboxylic acids is 1. The van der Waals surface area contributed by atoms with Gasteiger partial charge >= 0.3 is 0 Å². The van der Waals surface area contributed by atoms with Gasteiger partial charge in [-0.15, -0.1) is 0 Å². The summed E-state index contributed by atoms with van der Waals surface area (Å²) in [5.41, 5.74) is 1.35. The average Bonchev–Trinajstić information content (AvgIpc) is 3.18. The Labute approximate surface area is 181 Å². The monoisotopic (exact) mass is 424 g/mol. The van der Waals surface area contributed by atoms with Gasteiger partial charge in [0.25, 0.3) is 5.91 Å². The van der Waals surface area contributed by atoms with Crippen LogP contribution in [0, 0.1) is 0 Å². The van der Waals surface area contributed by atoms with E-state index in [1.165, 1.54) is 11.8 Å². The Morgan fingerprint density at radius 3 is 2.58 bits per heavy atom. The second-order valence-corrected chi connectivity index (χ2v) is 8.28. The summed E-state index contributed by atoms with van der Waals surface area (Å²) in [4.78, 5) is 21.6. The number of rotatable bonds is 5. The molecule has 1 saturated carbocycles. The molecule has 1 amide bonds. The van der Waals surface area contributed by atoms with Crippen molar-refractivity contribution in [1.82, 2.24) is 15.1 Å². The fraction of sp³-hybridized carbons (Fsp3) is 0.478. The Bertz CT molecular complexity index is 960. The molecule has 5 rings (SSSR count). The first-order valence-electron chi connectivity index (χ1n) is 10.9. The zero-order chi connectivity index (χ0) is 21.3. The highest BCUT2D eigenvalue weighted by Gasteiger charge is 2.45. The van der Waals surface area contributed by atoms with E-state index in [9.17, 15) is 4.79 Å². The highest BCUT2D eigenvalue weighted by molar-refractivity contribution is 5.91. The summed E-state index contributed by atoms with van der Waals surface area (Å²) >= 11 is 0. The van der Waals surface area contributed by atoms with Crippen LogP contribution < -0.4 is 14.8 Å². The van der Waals surface area contributed by atoms with Crippen molar-refractivity contribution in [2.45, 2.75) is 25.2 Å². The summed E-state index contributed by atoms with van der Waals surface area (Å²) in [5, 5.41) is 3.43. The largest absolute Gasteiger partial charge is 0.459 e. The zero-order valence-corrected chi connectivity index (χ0v) is 17.8. The summed E-state index contributed by atoms with van der Waals surface area (Å²) < 4.78 is 16.3.